The fraction of sp³-hybridized carbons (Fsp3) is 0.304. The van der Waals surface area contributed by atoms with Crippen molar-refractivity contribution in [3.05, 3.63) is 83.4 Å². The maximum absolute atomic E-state index is 13.0. The summed E-state index contributed by atoms with van der Waals surface area (Å²) >= 11 is 0. The highest BCUT2D eigenvalue weighted by Crippen LogP contribution is 2.31. The first-order valence-corrected chi connectivity index (χ1v) is 10.3. The number of pyridine rings is 1. The smallest absolute Gasteiger partial charge is 0.341 e. The van der Waals surface area contributed by atoms with Crippen LogP contribution < -0.4 is 10.2 Å². The summed E-state index contributed by atoms with van der Waals surface area (Å²) in [6.45, 7) is 1.42. The van der Waals surface area contributed by atoms with Crippen molar-refractivity contribution in [3.63, 3.8) is 0 Å². The lowest BCUT2D eigenvalue weighted by molar-refractivity contribution is -0.137. The monoisotopic (exact) mass is 438 g/mol. The molecule has 0 amide bonds. The predicted octanol–water partition coefficient (Wildman–Crippen LogP) is 4.11. The highest BCUT2D eigenvalue weighted by molar-refractivity contribution is 5.35. The molecule has 0 spiro atoms. The maximum atomic E-state index is 13.0. The molecule has 1 fully saturated rings. The van der Waals surface area contributed by atoms with Crippen LogP contribution in [0.15, 0.2) is 61.1 Å². The van der Waals surface area contributed by atoms with E-state index in [4.69, 9.17) is 5.26 Å². The van der Waals surface area contributed by atoms with Crippen molar-refractivity contribution in [2.24, 2.45) is 0 Å². The van der Waals surface area contributed by atoms with Gasteiger partial charge in [0.05, 0.1) is 11.6 Å². The molecule has 3 aromatic rings. The first-order valence-electron chi connectivity index (χ1n) is 10.3. The fourth-order valence-electron chi connectivity index (χ4n) is 3.84. The van der Waals surface area contributed by atoms with E-state index in [0.717, 1.165) is 36.1 Å². The lowest BCUT2D eigenvalue weighted by Gasteiger charge is -2.35. The van der Waals surface area contributed by atoms with Crippen molar-refractivity contribution in [1.29, 1.82) is 5.26 Å². The Bertz CT molecular complexity index is 1070. The normalized spacial score (nSPS) is 15.9. The van der Waals surface area contributed by atoms with E-state index in [1.54, 1.807) is 24.7 Å². The number of hydrogen-bond acceptors (Lipinski definition) is 6. The molecule has 0 aliphatic carbocycles. The highest BCUT2D eigenvalue weighted by Gasteiger charge is 2.31. The first-order chi connectivity index (χ1) is 15.4. The third kappa shape index (κ3) is 5.03. The molecule has 1 atom stereocenters. The van der Waals surface area contributed by atoms with Crippen LogP contribution in [0.3, 0.4) is 0 Å². The number of alkyl halides is 3. The summed E-state index contributed by atoms with van der Waals surface area (Å²) in [7, 11) is 0. The summed E-state index contributed by atoms with van der Waals surface area (Å²) in [6, 6.07) is 12.5. The summed E-state index contributed by atoms with van der Waals surface area (Å²) in [5, 5.41) is 12.6. The molecule has 0 radical (unpaired) electrons. The van der Waals surface area contributed by atoms with E-state index >= 15 is 0 Å². The Morgan fingerprint density at radius 2 is 1.78 bits per heavy atom. The third-order valence-electron chi connectivity index (χ3n) is 5.53. The van der Waals surface area contributed by atoms with Gasteiger partial charge >= 0.3 is 6.18 Å². The Balaban J connectivity index is 1.48. The van der Waals surface area contributed by atoms with Crippen molar-refractivity contribution in [1.82, 2.24) is 20.3 Å². The molecule has 1 unspecified atom stereocenters. The molecule has 0 bridgehead atoms. The van der Waals surface area contributed by atoms with E-state index in [-0.39, 0.29) is 12.1 Å². The van der Waals surface area contributed by atoms with Gasteiger partial charge in [0, 0.05) is 37.7 Å². The third-order valence-corrected chi connectivity index (χ3v) is 5.53. The zero-order valence-electron chi connectivity index (χ0n) is 17.1. The molecular weight excluding hydrogens is 417 g/mol. The van der Waals surface area contributed by atoms with Gasteiger partial charge in [0.1, 0.15) is 11.8 Å². The van der Waals surface area contributed by atoms with Gasteiger partial charge in [-0.15, -0.1) is 0 Å². The quantitative estimate of drug-likeness (QED) is 0.646. The first kappa shape index (κ1) is 21.7. The van der Waals surface area contributed by atoms with E-state index in [9.17, 15) is 13.2 Å². The molecule has 1 aliphatic heterocycles. The van der Waals surface area contributed by atoms with Gasteiger partial charge in [0.2, 0.25) is 5.95 Å². The van der Waals surface area contributed by atoms with E-state index in [2.05, 4.69) is 20.3 Å². The van der Waals surface area contributed by atoms with Gasteiger partial charge in [-0.3, -0.25) is 4.98 Å². The van der Waals surface area contributed by atoms with E-state index in [1.165, 1.54) is 12.1 Å². The SMILES string of the molecule is N#Cc1ccnc(N2CCC(NC(c3ccc(C(F)(F)F)cc3)c3cccnc3)CC2)n1. The molecule has 1 saturated heterocycles. The minimum atomic E-state index is -4.37. The molecular formula is C23H21F3N6. The summed E-state index contributed by atoms with van der Waals surface area (Å²) < 4.78 is 38.9. The van der Waals surface area contributed by atoms with Gasteiger partial charge < -0.3 is 10.2 Å². The summed E-state index contributed by atoms with van der Waals surface area (Å²) in [4.78, 5) is 14.7. The number of nitrogens with zero attached hydrogens (tertiary/aromatic N) is 5. The average Bonchev–Trinajstić information content (AvgIpc) is 2.83. The second-order valence-electron chi connectivity index (χ2n) is 7.62. The van der Waals surface area contributed by atoms with Crippen LogP contribution >= 0.6 is 0 Å². The number of anilines is 1. The van der Waals surface area contributed by atoms with Crippen molar-refractivity contribution in [3.8, 4) is 6.07 Å². The Morgan fingerprint density at radius 1 is 1.03 bits per heavy atom. The van der Waals surface area contributed by atoms with E-state index < -0.39 is 11.7 Å². The van der Waals surface area contributed by atoms with Gasteiger partial charge in [-0.2, -0.15) is 18.4 Å². The standard InChI is InChI=1S/C23H21F3N6/c24-23(25,26)18-5-3-16(4-6-18)21(17-2-1-10-28-15-17)30-19-8-12-32(13-9-19)22-29-11-7-20(14-27)31-22/h1-7,10-11,15,19,21,30H,8-9,12-13H2. The van der Waals surface area contributed by atoms with Gasteiger partial charge in [-0.25, -0.2) is 9.97 Å². The second kappa shape index (κ2) is 9.32. The molecule has 4 rings (SSSR count). The number of nitriles is 1. The number of piperidine rings is 1. The van der Waals surface area contributed by atoms with Crippen LogP contribution in [-0.4, -0.2) is 34.1 Å². The van der Waals surface area contributed by atoms with Crippen LogP contribution in [0.4, 0.5) is 19.1 Å². The minimum absolute atomic E-state index is 0.151. The summed E-state index contributed by atoms with van der Waals surface area (Å²) in [5.41, 5.74) is 1.30. The van der Waals surface area contributed by atoms with E-state index in [0.29, 0.717) is 24.7 Å². The molecule has 164 valence electrons. The van der Waals surface area contributed by atoms with Crippen molar-refractivity contribution < 1.29 is 13.2 Å². The average molecular weight is 438 g/mol. The fourth-order valence-corrected chi connectivity index (χ4v) is 3.84. The molecule has 32 heavy (non-hydrogen) atoms. The molecule has 1 N–H and O–H groups in total. The van der Waals surface area contributed by atoms with Crippen LogP contribution in [0.1, 0.15) is 41.3 Å². The van der Waals surface area contributed by atoms with Gasteiger partial charge in [0.15, 0.2) is 0 Å². The van der Waals surface area contributed by atoms with Crippen LogP contribution in [0.5, 0.6) is 0 Å². The van der Waals surface area contributed by atoms with E-state index in [1.807, 2.05) is 23.1 Å². The van der Waals surface area contributed by atoms with Crippen molar-refractivity contribution in [2.75, 3.05) is 18.0 Å². The molecule has 6 nitrogen and oxygen atoms in total. The Labute approximate surface area is 183 Å². The number of halogens is 3. The zero-order valence-corrected chi connectivity index (χ0v) is 17.1. The van der Waals surface area contributed by atoms with Gasteiger partial charge in [-0.1, -0.05) is 18.2 Å². The number of hydrogen-bond donors (Lipinski definition) is 1. The highest BCUT2D eigenvalue weighted by atomic mass is 19.4. The Hall–Kier alpha value is -3.51. The van der Waals surface area contributed by atoms with Crippen LogP contribution in [0.2, 0.25) is 0 Å². The maximum Gasteiger partial charge on any atom is 0.416 e. The number of benzene rings is 1. The topological polar surface area (TPSA) is 77.7 Å². The lowest BCUT2D eigenvalue weighted by Crippen LogP contribution is -2.44. The Kier molecular flexibility index (Phi) is 6.32. The summed E-state index contributed by atoms with van der Waals surface area (Å²) in [6.07, 6.45) is 2.21. The number of nitrogens with one attached hydrogen (secondary N) is 1. The van der Waals surface area contributed by atoms with Crippen molar-refractivity contribution in [2.45, 2.75) is 31.1 Å². The van der Waals surface area contributed by atoms with Gasteiger partial charge in [-0.05, 0) is 48.2 Å². The molecule has 0 saturated carbocycles. The molecule has 2 aromatic heterocycles. The number of rotatable bonds is 5. The van der Waals surface area contributed by atoms with Crippen LogP contribution in [0.25, 0.3) is 0 Å². The largest absolute Gasteiger partial charge is 0.416 e. The van der Waals surface area contributed by atoms with Crippen LogP contribution in [-0.2, 0) is 6.18 Å². The molecule has 1 aliphatic rings. The molecule has 9 heteroatoms. The predicted molar refractivity (Wildman–Crippen MR) is 113 cm³/mol. The zero-order chi connectivity index (χ0) is 22.6. The lowest BCUT2D eigenvalue weighted by atomic mass is 9.96. The van der Waals surface area contributed by atoms with Gasteiger partial charge in [0.25, 0.3) is 0 Å². The van der Waals surface area contributed by atoms with Crippen molar-refractivity contribution >= 4 is 5.95 Å². The van der Waals surface area contributed by atoms with Crippen LogP contribution in [0, 0.1) is 11.3 Å². The summed E-state index contributed by atoms with van der Waals surface area (Å²) in [5.74, 6) is 0.536. The minimum Gasteiger partial charge on any atom is -0.341 e. The molecule has 1 aromatic carbocycles. The number of aromatic nitrogens is 3. The second-order valence-corrected chi connectivity index (χ2v) is 7.62. The molecule has 3 heterocycles. The Morgan fingerprint density at radius 3 is 2.41 bits per heavy atom.